The smallest absolute Gasteiger partial charge is 0.297 e. The second kappa shape index (κ2) is 7.68. The van der Waals surface area contributed by atoms with Crippen LogP contribution in [0.2, 0.25) is 0 Å². The first-order valence-electron chi connectivity index (χ1n) is 8.31. The van der Waals surface area contributed by atoms with Crippen molar-refractivity contribution in [2.24, 2.45) is 4.99 Å². The van der Waals surface area contributed by atoms with E-state index >= 15 is 0 Å². The summed E-state index contributed by atoms with van der Waals surface area (Å²) in [5.41, 5.74) is 1.27. The van der Waals surface area contributed by atoms with Crippen LogP contribution in [0.5, 0.6) is 11.5 Å². The van der Waals surface area contributed by atoms with E-state index in [1.807, 2.05) is 30.5 Å². The van der Waals surface area contributed by atoms with Crippen molar-refractivity contribution in [3.05, 3.63) is 34.9 Å². The Morgan fingerprint density at radius 2 is 2.04 bits per heavy atom. The summed E-state index contributed by atoms with van der Waals surface area (Å²) >= 11 is 1.37. The number of nitrogens with zero attached hydrogens (tertiary/aromatic N) is 4. The minimum Gasteiger partial charge on any atom is -0.493 e. The molecule has 0 unspecified atom stereocenters. The van der Waals surface area contributed by atoms with Crippen LogP contribution in [0.4, 0.5) is 0 Å². The normalized spacial score (nSPS) is 11.8. The molecule has 0 aliphatic rings. The number of benzene rings is 1. The number of hydrogen-bond acceptors (Lipinski definition) is 5. The van der Waals surface area contributed by atoms with Crippen LogP contribution in [0, 0.1) is 12.3 Å². The Kier molecular flexibility index (Phi) is 5.33. The SMILES string of the molecule is C#CCn1c(=NC(=O)c2ccnn2C(C)C)sc2cc(OC)c(OC)cc21. The van der Waals surface area contributed by atoms with Crippen molar-refractivity contribution >= 4 is 27.5 Å². The summed E-state index contributed by atoms with van der Waals surface area (Å²) in [5, 5.41) is 4.19. The highest BCUT2D eigenvalue weighted by Gasteiger charge is 2.16. The van der Waals surface area contributed by atoms with Gasteiger partial charge in [0.2, 0.25) is 0 Å². The first kappa shape index (κ1) is 18.7. The molecule has 0 N–H and O–H groups in total. The molecule has 3 aromatic rings. The third-order valence-corrected chi connectivity index (χ3v) is 5.05. The van der Waals surface area contributed by atoms with E-state index in [4.69, 9.17) is 15.9 Å². The summed E-state index contributed by atoms with van der Waals surface area (Å²) in [6.45, 7) is 4.20. The van der Waals surface area contributed by atoms with Crippen molar-refractivity contribution < 1.29 is 14.3 Å². The van der Waals surface area contributed by atoms with Crippen molar-refractivity contribution in [1.29, 1.82) is 0 Å². The van der Waals surface area contributed by atoms with Gasteiger partial charge in [-0.15, -0.1) is 6.42 Å². The predicted octanol–water partition coefficient (Wildman–Crippen LogP) is 2.87. The summed E-state index contributed by atoms with van der Waals surface area (Å²) in [6, 6.07) is 5.41. The first-order valence-corrected chi connectivity index (χ1v) is 9.13. The Bertz CT molecular complexity index is 1100. The molecule has 0 atom stereocenters. The van der Waals surface area contributed by atoms with E-state index < -0.39 is 0 Å². The number of hydrogen-bond donors (Lipinski definition) is 0. The number of methoxy groups -OCH3 is 2. The average Bonchev–Trinajstić information content (AvgIpc) is 3.26. The molecule has 1 amide bonds. The molecule has 2 aromatic heterocycles. The molecule has 0 radical (unpaired) electrons. The molecule has 7 nitrogen and oxygen atoms in total. The molecule has 8 heteroatoms. The standard InChI is InChI=1S/C19H20N4O3S/c1-6-9-22-14-10-15(25-4)16(26-5)11-17(14)27-19(22)21-18(24)13-7-8-20-23(13)12(2)3/h1,7-8,10-12H,9H2,2-5H3. The van der Waals surface area contributed by atoms with Gasteiger partial charge in [0.1, 0.15) is 5.69 Å². The summed E-state index contributed by atoms with van der Waals surface area (Å²) in [7, 11) is 3.15. The van der Waals surface area contributed by atoms with Crippen LogP contribution in [-0.4, -0.2) is 34.5 Å². The fraction of sp³-hybridized carbons (Fsp3) is 0.316. The van der Waals surface area contributed by atoms with Crippen molar-refractivity contribution in [3.63, 3.8) is 0 Å². The molecule has 1 aromatic carbocycles. The third-order valence-electron chi connectivity index (χ3n) is 4.01. The van der Waals surface area contributed by atoms with Crippen LogP contribution in [-0.2, 0) is 6.54 Å². The fourth-order valence-electron chi connectivity index (χ4n) is 2.77. The zero-order chi connectivity index (χ0) is 19.6. The second-order valence-electron chi connectivity index (χ2n) is 6.02. The van der Waals surface area contributed by atoms with E-state index in [2.05, 4.69) is 16.0 Å². The van der Waals surface area contributed by atoms with Gasteiger partial charge in [0.25, 0.3) is 5.91 Å². The van der Waals surface area contributed by atoms with Crippen LogP contribution >= 0.6 is 11.3 Å². The Labute approximate surface area is 160 Å². The topological polar surface area (TPSA) is 70.6 Å². The molecule has 0 fully saturated rings. The van der Waals surface area contributed by atoms with Gasteiger partial charge >= 0.3 is 0 Å². The number of ether oxygens (including phenoxy) is 2. The van der Waals surface area contributed by atoms with Gasteiger partial charge in [-0.1, -0.05) is 17.3 Å². The maximum atomic E-state index is 12.7. The van der Waals surface area contributed by atoms with Crippen molar-refractivity contribution in [2.45, 2.75) is 26.4 Å². The maximum absolute atomic E-state index is 12.7. The van der Waals surface area contributed by atoms with Gasteiger partial charge < -0.3 is 14.0 Å². The number of carbonyl (C=O) groups is 1. The number of terminal acetylenes is 1. The zero-order valence-corrected chi connectivity index (χ0v) is 16.4. The largest absolute Gasteiger partial charge is 0.493 e. The van der Waals surface area contributed by atoms with Crippen molar-refractivity contribution in [2.75, 3.05) is 14.2 Å². The summed E-state index contributed by atoms with van der Waals surface area (Å²) in [5.74, 6) is 3.45. The molecule has 0 aliphatic carbocycles. The van der Waals surface area contributed by atoms with Crippen LogP contribution in [0.25, 0.3) is 10.2 Å². The number of rotatable bonds is 5. The monoisotopic (exact) mass is 384 g/mol. The second-order valence-corrected chi connectivity index (χ2v) is 7.03. The summed E-state index contributed by atoms with van der Waals surface area (Å²) in [4.78, 5) is 17.6. The van der Waals surface area contributed by atoms with Gasteiger partial charge in [0.05, 0.1) is 31.0 Å². The highest BCUT2D eigenvalue weighted by molar-refractivity contribution is 7.16. The molecule has 0 aliphatic heterocycles. The molecule has 0 bridgehead atoms. The average molecular weight is 384 g/mol. The minimum absolute atomic E-state index is 0.0583. The Morgan fingerprint density at radius 1 is 1.33 bits per heavy atom. The highest BCUT2D eigenvalue weighted by atomic mass is 32.1. The summed E-state index contributed by atoms with van der Waals surface area (Å²) < 4.78 is 15.1. The van der Waals surface area contributed by atoms with Crippen LogP contribution in [0.3, 0.4) is 0 Å². The Hall–Kier alpha value is -3.05. The zero-order valence-electron chi connectivity index (χ0n) is 15.6. The molecule has 0 saturated carbocycles. The van der Waals surface area contributed by atoms with E-state index in [1.54, 1.807) is 31.2 Å². The third kappa shape index (κ3) is 3.46. The molecular weight excluding hydrogens is 364 g/mol. The van der Waals surface area contributed by atoms with Gasteiger partial charge in [0, 0.05) is 24.4 Å². The lowest BCUT2D eigenvalue weighted by molar-refractivity contribution is 0.0986. The molecule has 0 spiro atoms. The number of fused-ring (bicyclic) bond motifs is 1. The van der Waals surface area contributed by atoms with Crippen LogP contribution < -0.4 is 14.3 Å². The number of thiazole rings is 1. The van der Waals surface area contributed by atoms with E-state index in [0.29, 0.717) is 22.0 Å². The van der Waals surface area contributed by atoms with Crippen LogP contribution in [0.1, 0.15) is 30.4 Å². The van der Waals surface area contributed by atoms with Gasteiger partial charge in [-0.2, -0.15) is 10.1 Å². The first-order chi connectivity index (χ1) is 13.0. The molecular formula is C19H20N4O3S. The summed E-state index contributed by atoms with van der Waals surface area (Å²) in [6.07, 6.45) is 7.13. The molecule has 2 heterocycles. The minimum atomic E-state index is -0.363. The molecule has 27 heavy (non-hydrogen) atoms. The lowest BCUT2D eigenvalue weighted by Gasteiger charge is -2.08. The Morgan fingerprint density at radius 3 is 2.67 bits per heavy atom. The van der Waals surface area contributed by atoms with Crippen molar-refractivity contribution in [3.8, 4) is 23.8 Å². The van der Waals surface area contributed by atoms with E-state index in [0.717, 1.165) is 10.2 Å². The fourth-order valence-corrected chi connectivity index (χ4v) is 3.80. The van der Waals surface area contributed by atoms with Gasteiger partial charge in [-0.3, -0.25) is 9.48 Å². The Balaban J connectivity index is 2.19. The highest BCUT2D eigenvalue weighted by Crippen LogP contribution is 2.33. The predicted molar refractivity (Wildman–Crippen MR) is 104 cm³/mol. The number of amides is 1. The lowest BCUT2D eigenvalue weighted by atomic mass is 10.3. The van der Waals surface area contributed by atoms with Gasteiger partial charge in [-0.05, 0) is 19.9 Å². The number of aromatic nitrogens is 3. The molecule has 140 valence electrons. The quantitative estimate of drug-likeness (QED) is 0.634. The molecule has 3 rings (SSSR count). The van der Waals surface area contributed by atoms with Gasteiger partial charge in [0.15, 0.2) is 16.3 Å². The lowest BCUT2D eigenvalue weighted by Crippen LogP contribution is -2.18. The van der Waals surface area contributed by atoms with E-state index in [-0.39, 0.29) is 18.5 Å². The van der Waals surface area contributed by atoms with Crippen LogP contribution in [0.15, 0.2) is 29.4 Å². The van der Waals surface area contributed by atoms with Gasteiger partial charge in [-0.25, -0.2) is 0 Å². The van der Waals surface area contributed by atoms with Crippen molar-refractivity contribution in [1.82, 2.24) is 14.3 Å². The molecule has 0 saturated heterocycles. The van der Waals surface area contributed by atoms with E-state index in [9.17, 15) is 4.79 Å². The number of carbonyl (C=O) groups excluding carboxylic acids is 1. The van der Waals surface area contributed by atoms with E-state index in [1.165, 1.54) is 11.3 Å². The maximum Gasteiger partial charge on any atom is 0.297 e.